The summed E-state index contributed by atoms with van der Waals surface area (Å²) in [5, 5.41) is 13.0. The number of hydrogen-bond donors (Lipinski definition) is 1. The van der Waals surface area contributed by atoms with Gasteiger partial charge in [-0.1, -0.05) is 60.1 Å². The number of ketones is 2. The van der Waals surface area contributed by atoms with Crippen molar-refractivity contribution >= 4 is 17.5 Å². The van der Waals surface area contributed by atoms with Crippen LogP contribution in [-0.4, -0.2) is 23.5 Å². The fraction of sp³-hybridized carbons (Fsp3) is 0.778. The van der Waals surface area contributed by atoms with Crippen LogP contribution in [0.15, 0.2) is 23.3 Å². The lowest BCUT2D eigenvalue weighted by Crippen LogP contribution is -2.64. The fourth-order valence-electron chi connectivity index (χ4n) is 10.9. The minimum absolute atomic E-state index is 0.0135. The lowest BCUT2D eigenvalue weighted by atomic mass is 9.34. The number of carbonyl (C=O) groups is 3. The highest BCUT2D eigenvalue weighted by atomic mass is 16.1. The van der Waals surface area contributed by atoms with Gasteiger partial charge in [0, 0.05) is 29.2 Å². The van der Waals surface area contributed by atoms with Gasteiger partial charge in [0.1, 0.15) is 6.07 Å². The number of fused-ring (bicyclic) bond motifs is 7. The molecule has 1 unspecified atom stereocenters. The van der Waals surface area contributed by atoms with Gasteiger partial charge in [0.05, 0.1) is 5.57 Å². The molecule has 3 saturated carbocycles. The number of carbonyl (C=O) groups excluding carboxylic acids is 3. The van der Waals surface area contributed by atoms with Crippen LogP contribution in [0.4, 0.5) is 0 Å². The Hall–Kier alpha value is -2.22. The maximum absolute atomic E-state index is 14.6. The third kappa shape index (κ3) is 4.24. The second kappa shape index (κ2) is 9.39. The molecule has 0 aromatic carbocycles. The Bertz CT molecular complexity index is 1280. The lowest BCUT2D eigenvalue weighted by Gasteiger charge is -2.69. The molecule has 5 rings (SSSR count). The molecule has 1 N–H and O–H groups in total. The van der Waals surface area contributed by atoms with E-state index in [1.165, 1.54) is 0 Å². The third-order valence-electron chi connectivity index (χ3n) is 13.3. The van der Waals surface area contributed by atoms with Crippen molar-refractivity contribution < 1.29 is 14.4 Å². The maximum atomic E-state index is 14.6. The van der Waals surface area contributed by atoms with E-state index in [1.54, 1.807) is 0 Å². The number of amides is 1. The zero-order valence-electron chi connectivity index (χ0n) is 27.0. The van der Waals surface area contributed by atoms with E-state index in [0.717, 1.165) is 56.9 Å². The van der Waals surface area contributed by atoms with E-state index >= 15 is 0 Å². The van der Waals surface area contributed by atoms with E-state index in [0.29, 0.717) is 6.42 Å². The van der Waals surface area contributed by atoms with Crippen molar-refractivity contribution in [3.63, 3.8) is 0 Å². The van der Waals surface area contributed by atoms with E-state index in [-0.39, 0.29) is 68.5 Å². The molecular weight excluding hydrogens is 508 g/mol. The number of nitrogens with one attached hydrogen (secondary N) is 1. The van der Waals surface area contributed by atoms with Gasteiger partial charge in [-0.05, 0) is 105 Å². The molecular formula is C36H52N2O3. The molecule has 0 radical (unpaired) electrons. The third-order valence-corrected chi connectivity index (χ3v) is 13.3. The predicted octanol–water partition coefficient (Wildman–Crippen LogP) is 7.51. The van der Waals surface area contributed by atoms with Gasteiger partial charge >= 0.3 is 0 Å². The summed E-state index contributed by atoms with van der Waals surface area (Å²) in [6.45, 7) is 19.7. The van der Waals surface area contributed by atoms with E-state index in [1.807, 2.05) is 39.8 Å². The molecule has 0 aromatic rings. The van der Waals surface area contributed by atoms with Crippen molar-refractivity contribution in [3.8, 4) is 6.07 Å². The summed E-state index contributed by atoms with van der Waals surface area (Å²) in [7, 11) is 0. The molecule has 0 aromatic heterocycles. The van der Waals surface area contributed by atoms with Crippen molar-refractivity contribution in [3.05, 3.63) is 23.3 Å². The van der Waals surface area contributed by atoms with Gasteiger partial charge in [0.2, 0.25) is 5.91 Å². The summed E-state index contributed by atoms with van der Waals surface area (Å²) < 4.78 is 0. The van der Waals surface area contributed by atoms with Gasteiger partial charge < -0.3 is 5.32 Å². The smallest absolute Gasteiger partial charge is 0.220 e. The average molecular weight is 561 g/mol. The molecule has 0 bridgehead atoms. The molecule has 224 valence electrons. The largest absolute Gasteiger partial charge is 0.354 e. The molecule has 5 nitrogen and oxygen atoms in total. The first-order chi connectivity index (χ1) is 18.9. The molecule has 0 saturated heterocycles. The molecule has 41 heavy (non-hydrogen) atoms. The lowest BCUT2D eigenvalue weighted by molar-refractivity contribution is -0.173. The average Bonchev–Trinajstić information content (AvgIpc) is 2.86. The van der Waals surface area contributed by atoms with Crippen LogP contribution in [0.5, 0.6) is 0 Å². The van der Waals surface area contributed by atoms with Crippen LogP contribution in [0.2, 0.25) is 0 Å². The zero-order valence-corrected chi connectivity index (χ0v) is 27.0. The summed E-state index contributed by atoms with van der Waals surface area (Å²) in [5.41, 5.74) is 0.00681. The van der Waals surface area contributed by atoms with Gasteiger partial charge in [-0.15, -0.1) is 0 Å². The summed E-state index contributed by atoms with van der Waals surface area (Å²) in [6, 6.07) is 2.34. The second-order valence-corrected chi connectivity index (χ2v) is 16.8. The molecule has 7 atom stereocenters. The zero-order chi connectivity index (χ0) is 30.4. The topological polar surface area (TPSA) is 87.0 Å². The quantitative estimate of drug-likeness (QED) is 0.385. The first-order valence-electron chi connectivity index (χ1n) is 16.1. The van der Waals surface area contributed by atoms with E-state index < -0.39 is 10.8 Å². The Labute approximate surface area is 248 Å². The van der Waals surface area contributed by atoms with Crippen molar-refractivity contribution in [1.29, 1.82) is 5.26 Å². The number of nitrogens with zero attached hydrogens (tertiary/aromatic N) is 1. The predicted molar refractivity (Wildman–Crippen MR) is 161 cm³/mol. The minimum Gasteiger partial charge on any atom is -0.354 e. The van der Waals surface area contributed by atoms with Crippen molar-refractivity contribution in [2.75, 3.05) is 0 Å². The van der Waals surface area contributed by atoms with Crippen LogP contribution in [0.3, 0.4) is 0 Å². The molecule has 5 aliphatic rings. The van der Waals surface area contributed by atoms with Gasteiger partial charge in [0.25, 0.3) is 0 Å². The number of allylic oxidation sites excluding steroid dienone is 4. The summed E-state index contributed by atoms with van der Waals surface area (Å²) in [6.07, 6.45) is 12.4. The molecule has 1 amide bonds. The molecule has 0 heterocycles. The van der Waals surface area contributed by atoms with E-state index in [2.05, 4.69) is 46.0 Å². The molecule has 3 fully saturated rings. The van der Waals surface area contributed by atoms with Crippen molar-refractivity contribution in [1.82, 2.24) is 5.32 Å². The van der Waals surface area contributed by atoms with Crippen LogP contribution in [0, 0.1) is 61.6 Å². The van der Waals surface area contributed by atoms with Gasteiger partial charge in [-0.25, -0.2) is 0 Å². The summed E-state index contributed by atoms with van der Waals surface area (Å²) in [4.78, 5) is 40.7. The SMILES string of the molecule is CC(C)NC(=O)CC[C@]12CCC(C)(C)C[C@@H]1C1C(=O)C=C3[C@@]4(C)C=C(C#N)C(=O)C(C)(C)[C@@H]4CC[C@@]3(C)[C@]1(C)CC2. The van der Waals surface area contributed by atoms with Crippen LogP contribution in [-0.2, 0) is 14.4 Å². The second-order valence-electron chi connectivity index (χ2n) is 16.8. The first kappa shape index (κ1) is 30.2. The highest BCUT2D eigenvalue weighted by Gasteiger charge is 2.69. The standard InChI is InChI=1S/C36H52N2O3/c1-22(2)38-28(40)11-13-36-16-14-31(3,4)20-24(36)29-25(39)18-27-33(7)19-23(21-37)30(41)32(5,6)26(33)10-12-34(27,8)35(29,9)15-17-36/h18-19,22,24,26,29H,10-17,20H2,1-9H3,(H,38,40)/t24-,26+,29?,33+,34-,35-,36-/m1/s1. The van der Waals surface area contributed by atoms with Gasteiger partial charge in [-0.2, -0.15) is 5.26 Å². The van der Waals surface area contributed by atoms with E-state index in [9.17, 15) is 19.6 Å². The normalized spacial score (nSPS) is 42.5. The minimum atomic E-state index is -0.650. The maximum Gasteiger partial charge on any atom is 0.220 e. The highest BCUT2D eigenvalue weighted by molar-refractivity contribution is 6.04. The fourth-order valence-corrected chi connectivity index (χ4v) is 10.9. The molecule has 0 spiro atoms. The summed E-state index contributed by atoms with van der Waals surface area (Å²) in [5.74, 6) is 0.529. The first-order valence-corrected chi connectivity index (χ1v) is 16.1. The summed E-state index contributed by atoms with van der Waals surface area (Å²) >= 11 is 0. The highest BCUT2D eigenvalue weighted by Crippen LogP contribution is 2.75. The number of hydrogen-bond acceptors (Lipinski definition) is 4. The molecule has 5 heteroatoms. The Kier molecular flexibility index (Phi) is 6.93. The van der Waals surface area contributed by atoms with Crippen molar-refractivity contribution in [2.45, 2.75) is 126 Å². The van der Waals surface area contributed by atoms with Crippen LogP contribution < -0.4 is 5.32 Å². The molecule has 0 aliphatic heterocycles. The van der Waals surface area contributed by atoms with E-state index in [4.69, 9.17) is 0 Å². The Balaban J connectivity index is 1.60. The van der Waals surface area contributed by atoms with Crippen LogP contribution >= 0.6 is 0 Å². The Morgan fingerprint density at radius 1 is 1.02 bits per heavy atom. The Morgan fingerprint density at radius 3 is 2.32 bits per heavy atom. The number of Topliss-reactive ketones (excluding diaryl/α,β-unsaturated/α-hetero) is 1. The van der Waals surface area contributed by atoms with Gasteiger partial charge in [0.15, 0.2) is 11.6 Å². The van der Waals surface area contributed by atoms with Crippen molar-refractivity contribution in [2.24, 2.45) is 50.2 Å². The van der Waals surface area contributed by atoms with Crippen LogP contribution in [0.25, 0.3) is 0 Å². The Morgan fingerprint density at radius 2 is 1.68 bits per heavy atom. The number of nitriles is 1. The monoisotopic (exact) mass is 560 g/mol. The number of rotatable bonds is 4. The van der Waals surface area contributed by atoms with Crippen LogP contribution in [0.1, 0.15) is 120 Å². The van der Waals surface area contributed by atoms with Gasteiger partial charge in [-0.3, -0.25) is 14.4 Å². The molecule has 5 aliphatic carbocycles.